The summed E-state index contributed by atoms with van der Waals surface area (Å²) in [7, 11) is 0. The maximum Gasteiger partial charge on any atom is 0.229 e. The van der Waals surface area contributed by atoms with Gasteiger partial charge in [-0.3, -0.25) is 0 Å². The minimum atomic E-state index is -2.08. The summed E-state index contributed by atoms with van der Waals surface area (Å²) >= 11 is 0. The van der Waals surface area contributed by atoms with Crippen molar-refractivity contribution in [3.05, 3.63) is 30.3 Å². The van der Waals surface area contributed by atoms with Crippen LogP contribution in [-0.2, 0) is 0 Å². The highest BCUT2D eigenvalue weighted by Crippen LogP contribution is 2.42. The summed E-state index contributed by atoms with van der Waals surface area (Å²) in [6.07, 6.45) is -4.59. The Hall–Kier alpha value is -1.18. The van der Waals surface area contributed by atoms with Crippen LogP contribution < -0.4 is 4.74 Å². The molecule has 0 heterocycles. The van der Waals surface area contributed by atoms with Gasteiger partial charge < -0.3 is 30.3 Å². The fourth-order valence-electron chi connectivity index (χ4n) is 2.17. The van der Waals surface area contributed by atoms with Gasteiger partial charge in [-0.05, 0) is 12.1 Å². The maximum absolute atomic E-state index is 10.1. The molecule has 5 N–H and O–H groups in total. The van der Waals surface area contributed by atoms with Crippen molar-refractivity contribution in [2.75, 3.05) is 6.61 Å². The van der Waals surface area contributed by atoms with E-state index in [1.54, 1.807) is 30.3 Å². The van der Waals surface area contributed by atoms with E-state index in [0.717, 1.165) is 0 Å². The number of aliphatic hydroxyl groups excluding tert-OH is 4. The van der Waals surface area contributed by atoms with Gasteiger partial charge >= 0.3 is 0 Å². The predicted molar refractivity (Wildman–Crippen MR) is 60.6 cm³/mol. The molecule has 1 aliphatic carbocycles. The Morgan fingerprint density at radius 2 is 1.83 bits per heavy atom. The Balaban J connectivity index is 2.11. The summed E-state index contributed by atoms with van der Waals surface area (Å²) in [5.74, 6) is -0.741. The Labute approximate surface area is 104 Å². The van der Waals surface area contributed by atoms with E-state index in [2.05, 4.69) is 0 Å². The fraction of sp³-hybridized carbons (Fsp3) is 0.500. The first kappa shape index (κ1) is 13.3. The van der Waals surface area contributed by atoms with Crippen LogP contribution >= 0.6 is 0 Å². The van der Waals surface area contributed by atoms with Crippen LogP contribution in [0.4, 0.5) is 0 Å². The average Bonchev–Trinajstić information content (AvgIpc) is 2.39. The molecule has 1 saturated carbocycles. The fourth-order valence-corrected chi connectivity index (χ4v) is 2.17. The van der Waals surface area contributed by atoms with Crippen LogP contribution in [0.15, 0.2) is 30.3 Å². The van der Waals surface area contributed by atoms with Crippen molar-refractivity contribution in [1.82, 2.24) is 0 Å². The molecule has 0 saturated heterocycles. The molecule has 0 bridgehead atoms. The molecule has 1 aromatic carbocycles. The normalized spacial score (nSPS) is 36.8. The van der Waals surface area contributed by atoms with Crippen LogP contribution in [0, 0.1) is 5.92 Å². The first-order valence-electron chi connectivity index (χ1n) is 5.61. The van der Waals surface area contributed by atoms with Gasteiger partial charge in [0.15, 0.2) is 5.60 Å². The zero-order valence-corrected chi connectivity index (χ0v) is 9.55. The van der Waals surface area contributed by atoms with Crippen molar-refractivity contribution < 1.29 is 30.3 Å². The molecule has 0 aliphatic heterocycles. The van der Waals surface area contributed by atoms with E-state index in [-0.39, 0.29) is 0 Å². The highest BCUT2D eigenvalue weighted by molar-refractivity contribution is 5.22. The zero-order valence-electron chi connectivity index (χ0n) is 9.55. The first-order chi connectivity index (χ1) is 8.51. The highest BCUT2D eigenvalue weighted by Gasteiger charge is 2.65. The molecular formula is C12H16O6. The van der Waals surface area contributed by atoms with Crippen molar-refractivity contribution in [3.8, 4) is 5.75 Å². The number of aliphatic hydroxyl groups is 5. The van der Waals surface area contributed by atoms with Crippen molar-refractivity contribution in [1.29, 1.82) is 0 Å². The minimum Gasteiger partial charge on any atom is -0.462 e. The third-order valence-corrected chi connectivity index (χ3v) is 3.39. The summed E-state index contributed by atoms with van der Waals surface area (Å²) in [5.41, 5.74) is -2.08. The van der Waals surface area contributed by atoms with E-state index < -0.39 is 36.6 Å². The molecule has 0 amide bonds. The molecular weight excluding hydrogens is 240 g/mol. The number of hydrogen-bond acceptors (Lipinski definition) is 6. The van der Waals surface area contributed by atoms with E-state index >= 15 is 0 Å². The van der Waals surface area contributed by atoms with Gasteiger partial charge in [0.2, 0.25) is 6.29 Å². The molecule has 1 fully saturated rings. The smallest absolute Gasteiger partial charge is 0.229 e. The minimum absolute atomic E-state index is 0.309. The van der Waals surface area contributed by atoms with Crippen LogP contribution in [0.25, 0.3) is 0 Å². The lowest BCUT2D eigenvalue weighted by atomic mass is 9.64. The third kappa shape index (κ3) is 1.88. The Kier molecular flexibility index (Phi) is 3.56. The average molecular weight is 256 g/mol. The van der Waals surface area contributed by atoms with Crippen molar-refractivity contribution in [2.24, 2.45) is 5.92 Å². The molecule has 5 atom stereocenters. The molecule has 0 aromatic heterocycles. The standard InChI is InChI=1S/C12H16O6/c13-6-8-9(14)10(15)12(8,17)11(16)18-7-4-2-1-3-5-7/h1-5,8-11,13-17H,6H2. The van der Waals surface area contributed by atoms with Gasteiger partial charge in [-0.2, -0.15) is 0 Å². The van der Waals surface area contributed by atoms with Crippen LogP contribution in [0.2, 0.25) is 0 Å². The Morgan fingerprint density at radius 1 is 1.22 bits per heavy atom. The van der Waals surface area contributed by atoms with Gasteiger partial charge in [-0.15, -0.1) is 0 Å². The van der Waals surface area contributed by atoms with Crippen LogP contribution in [0.3, 0.4) is 0 Å². The van der Waals surface area contributed by atoms with Crippen LogP contribution in [-0.4, -0.2) is 56.2 Å². The van der Waals surface area contributed by atoms with Crippen LogP contribution in [0.5, 0.6) is 5.75 Å². The largest absolute Gasteiger partial charge is 0.462 e. The molecule has 18 heavy (non-hydrogen) atoms. The highest BCUT2D eigenvalue weighted by atomic mass is 16.6. The summed E-state index contributed by atoms with van der Waals surface area (Å²) in [5, 5.41) is 47.9. The molecule has 2 rings (SSSR count). The molecule has 6 heteroatoms. The second kappa shape index (κ2) is 4.83. The first-order valence-corrected chi connectivity index (χ1v) is 5.61. The lowest BCUT2D eigenvalue weighted by Crippen LogP contribution is -2.76. The van der Waals surface area contributed by atoms with Gasteiger partial charge in [-0.25, -0.2) is 0 Å². The number of hydrogen-bond donors (Lipinski definition) is 5. The number of para-hydroxylation sites is 1. The quantitative estimate of drug-likeness (QED) is 0.418. The molecule has 5 unspecified atom stereocenters. The van der Waals surface area contributed by atoms with Gasteiger partial charge in [0, 0.05) is 5.92 Å². The van der Waals surface area contributed by atoms with E-state index in [0.29, 0.717) is 5.75 Å². The molecule has 6 nitrogen and oxygen atoms in total. The Morgan fingerprint density at radius 3 is 2.39 bits per heavy atom. The second-order valence-electron chi connectivity index (χ2n) is 4.40. The number of benzene rings is 1. The van der Waals surface area contributed by atoms with E-state index in [4.69, 9.17) is 9.84 Å². The monoisotopic (exact) mass is 256 g/mol. The summed E-state index contributed by atoms with van der Waals surface area (Å²) < 4.78 is 5.10. The van der Waals surface area contributed by atoms with Gasteiger partial charge in [0.25, 0.3) is 0 Å². The van der Waals surface area contributed by atoms with Crippen LogP contribution in [0.1, 0.15) is 0 Å². The number of ether oxygens (including phenoxy) is 1. The SMILES string of the molecule is OCC1C(O)C(O)C1(O)C(O)Oc1ccccc1. The topological polar surface area (TPSA) is 110 Å². The van der Waals surface area contributed by atoms with Gasteiger partial charge in [0.1, 0.15) is 11.9 Å². The van der Waals surface area contributed by atoms with E-state index in [9.17, 15) is 20.4 Å². The molecule has 0 radical (unpaired) electrons. The molecule has 1 aliphatic rings. The molecule has 100 valence electrons. The lowest BCUT2D eigenvalue weighted by molar-refractivity contribution is -0.332. The van der Waals surface area contributed by atoms with Crippen molar-refractivity contribution in [3.63, 3.8) is 0 Å². The summed E-state index contributed by atoms with van der Waals surface area (Å²) in [6.45, 7) is -0.566. The summed E-state index contributed by atoms with van der Waals surface area (Å²) in [6, 6.07) is 8.26. The predicted octanol–water partition coefficient (Wildman–Crippen LogP) is -1.54. The van der Waals surface area contributed by atoms with Gasteiger partial charge in [0.05, 0.1) is 12.7 Å². The Bertz CT molecular complexity index is 397. The third-order valence-electron chi connectivity index (χ3n) is 3.39. The van der Waals surface area contributed by atoms with E-state index in [1.165, 1.54) is 0 Å². The summed E-state index contributed by atoms with van der Waals surface area (Å²) in [4.78, 5) is 0. The zero-order chi connectivity index (χ0) is 13.3. The van der Waals surface area contributed by atoms with E-state index in [1.807, 2.05) is 0 Å². The lowest BCUT2D eigenvalue weighted by Gasteiger charge is -2.53. The number of rotatable bonds is 4. The van der Waals surface area contributed by atoms with Gasteiger partial charge in [-0.1, -0.05) is 18.2 Å². The molecule has 1 aromatic rings. The van der Waals surface area contributed by atoms with Crippen molar-refractivity contribution >= 4 is 0 Å². The maximum atomic E-state index is 10.1. The second-order valence-corrected chi connectivity index (χ2v) is 4.40. The van der Waals surface area contributed by atoms with Crippen molar-refractivity contribution in [2.45, 2.75) is 24.1 Å². The molecule has 0 spiro atoms.